The van der Waals surface area contributed by atoms with Gasteiger partial charge in [-0.2, -0.15) is 0 Å². The summed E-state index contributed by atoms with van der Waals surface area (Å²) < 4.78 is 32.5. The molecule has 2 rings (SSSR count). The van der Waals surface area contributed by atoms with Crippen LogP contribution in [0.4, 0.5) is 8.78 Å². The number of pyridine rings is 1. The molecule has 0 spiro atoms. The zero-order valence-electron chi connectivity index (χ0n) is 12.1. The zero-order chi connectivity index (χ0) is 15.2. The van der Waals surface area contributed by atoms with Crippen molar-refractivity contribution in [1.29, 1.82) is 0 Å². The van der Waals surface area contributed by atoms with Crippen molar-refractivity contribution in [2.24, 2.45) is 0 Å². The van der Waals surface area contributed by atoms with Gasteiger partial charge in [-0.15, -0.1) is 0 Å². The van der Waals surface area contributed by atoms with E-state index >= 15 is 0 Å². The van der Waals surface area contributed by atoms with Crippen LogP contribution in [0.5, 0.6) is 5.75 Å². The molecule has 1 aromatic heterocycles. The molecule has 0 bridgehead atoms. The van der Waals surface area contributed by atoms with Crippen LogP contribution in [-0.2, 0) is 0 Å². The first-order chi connectivity index (χ1) is 10.2. The number of ether oxygens (including phenoxy) is 1. The Balaban J connectivity index is 2.42. The number of halogens is 2. The maximum atomic E-state index is 14.4. The van der Waals surface area contributed by atoms with Gasteiger partial charge in [-0.3, -0.25) is 4.98 Å². The SMILES string of the molecule is CCCNC(c1ccc(F)cn1)c1cccc(OC)c1F. The van der Waals surface area contributed by atoms with Gasteiger partial charge in [-0.25, -0.2) is 8.78 Å². The van der Waals surface area contributed by atoms with E-state index in [1.165, 1.54) is 13.2 Å². The number of hydrogen-bond donors (Lipinski definition) is 1. The Labute approximate surface area is 123 Å². The standard InChI is InChI=1S/C16H18F2N2O/c1-3-9-19-16(13-8-7-11(17)10-20-13)12-5-4-6-14(21-2)15(12)18/h4-8,10,16,19H,3,9H2,1-2H3. The lowest BCUT2D eigenvalue weighted by molar-refractivity contribution is 0.381. The number of benzene rings is 1. The number of rotatable bonds is 6. The van der Waals surface area contributed by atoms with E-state index in [4.69, 9.17) is 4.74 Å². The Morgan fingerprint density at radius 3 is 2.67 bits per heavy atom. The molecule has 5 heteroatoms. The van der Waals surface area contributed by atoms with Crippen LogP contribution in [0.3, 0.4) is 0 Å². The van der Waals surface area contributed by atoms with Gasteiger partial charge in [0.05, 0.1) is 25.0 Å². The third-order valence-electron chi connectivity index (χ3n) is 3.17. The fourth-order valence-corrected chi connectivity index (χ4v) is 2.13. The zero-order valence-corrected chi connectivity index (χ0v) is 12.1. The number of aromatic nitrogens is 1. The van der Waals surface area contributed by atoms with Crippen molar-refractivity contribution in [1.82, 2.24) is 10.3 Å². The molecule has 1 N–H and O–H groups in total. The van der Waals surface area contributed by atoms with E-state index in [9.17, 15) is 8.78 Å². The smallest absolute Gasteiger partial charge is 0.170 e. The summed E-state index contributed by atoms with van der Waals surface area (Å²) in [5, 5.41) is 3.23. The summed E-state index contributed by atoms with van der Waals surface area (Å²) in [5.41, 5.74) is 0.999. The Morgan fingerprint density at radius 2 is 2.05 bits per heavy atom. The van der Waals surface area contributed by atoms with E-state index in [2.05, 4.69) is 10.3 Å². The van der Waals surface area contributed by atoms with Crippen LogP contribution < -0.4 is 10.1 Å². The first-order valence-corrected chi connectivity index (χ1v) is 6.84. The van der Waals surface area contributed by atoms with Crippen LogP contribution in [-0.4, -0.2) is 18.6 Å². The number of hydrogen-bond acceptors (Lipinski definition) is 3. The van der Waals surface area contributed by atoms with E-state index in [0.29, 0.717) is 17.8 Å². The molecular formula is C16H18F2N2O. The highest BCUT2D eigenvalue weighted by Gasteiger charge is 2.20. The second kappa shape index (κ2) is 7.13. The summed E-state index contributed by atoms with van der Waals surface area (Å²) in [5.74, 6) is -0.670. The highest BCUT2D eigenvalue weighted by atomic mass is 19.1. The highest BCUT2D eigenvalue weighted by molar-refractivity contribution is 5.36. The Kier molecular flexibility index (Phi) is 5.22. The summed E-state index contributed by atoms with van der Waals surface area (Å²) >= 11 is 0. The second-order valence-electron chi connectivity index (χ2n) is 4.65. The van der Waals surface area contributed by atoms with E-state index < -0.39 is 17.7 Å². The van der Waals surface area contributed by atoms with E-state index in [1.807, 2.05) is 6.92 Å². The van der Waals surface area contributed by atoms with Gasteiger partial charge in [0.1, 0.15) is 5.82 Å². The van der Waals surface area contributed by atoms with Gasteiger partial charge in [-0.05, 0) is 31.2 Å². The lowest BCUT2D eigenvalue weighted by Gasteiger charge is -2.20. The predicted molar refractivity (Wildman–Crippen MR) is 77.3 cm³/mol. The van der Waals surface area contributed by atoms with Crippen molar-refractivity contribution in [3.05, 3.63) is 59.4 Å². The third-order valence-corrected chi connectivity index (χ3v) is 3.17. The molecule has 1 aromatic carbocycles. The third kappa shape index (κ3) is 3.55. The maximum absolute atomic E-state index is 14.4. The molecule has 1 atom stereocenters. The molecule has 0 saturated carbocycles. The largest absolute Gasteiger partial charge is 0.494 e. The lowest BCUT2D eigenvalue weighted by Crippen LogP contribution is -2.25. The Morgan fingerprint density at radius 1 is 1.24 bits per heavy atom. The van der Waals surface area contributed by atoms with Crippen LogP contribution in [0.2, 0.25) is 0 Å². The molecule has 112 valence electrons. The fourth-order valence-electron chi connectivity index (χ4n) is 2.13. The molecule has 0 aliphatic rings. The van der Waals surface area contributed by atoms with Gasteiger partial charge in [-0.1, -0.05) is 19.1 Å². The fraction of sp³-hybridized carbons (Fsp3) is 0.312. The molecule has 0 aliphatic carbocycles. The number of methoxy groups -OCH3 is 1. The Bertz CT molecular complexity index is 587. The van der Waals surface area contributed by atoms with Crippen molar-refractivity contribution in [2.75, 3.05) is 13.7 Å². The molecule has 0 amide bonds. The molecule has 0 aliphatic heterocycles. The Hall–Kier alpha value is -2.01. The molecule has 1 heterocycles. The van der Waals surface area contributed by atoms with Crippen LogP contribution in [0.1, 0.15) is 30.6 Å². The molecule has 0 radical (unpaired) electrons. The molecule has 21 heavy (non-hydrogen) atoms. The summed E-state index contributed by atoms with van der Waals surface area (Å²) in [7, 11) is 1.42. The average Bonchev–Trinajstić information content (AvgIpc) is 2.50. The average molecular weight is 292 g/mol. The van der Waals surface area contributed by atoms with Crippen molar-refractivity contribution in [2.45, 2.75) is 19.4 Å². The summed E-state index contributed by atoms with van der Waals surface area (Å²) in [4.78, 5) is 4.06. The second-order valence-corrected chi connectivity index (χ2v) is 4.65. The van der Waals surface area contributed by atoms with Gasteiger partial charge in [0, 0.05) is 5.56 Å². The molecule has 0 saturated heterocycles. The molecule has 2 aromatic rings. The predicted octanol–water partition coefficient (Wildman–Crippen LogP) is 3.46. The van der Waals surface area contributed by atoms with Gasteiger partial charge in [0.15, 0.2) is 11.6 Å². The molecular weight excluding hydrogens is 274 g/mol. The van der Waals surface area contributed by atoms with E-state index in [-0.39, 0.29) is 5.75 Å². The molecule has 0 fully saturated rings. The minimum Gasteiger partial charge on any atom is -0.494 e. The van der Waals surface area contributed by atoms with Crippen LogP contribution >= 0.6 is 0 Å². The lowest BCUT2D eigenvalue weighted by atomic mass is 10.0. The summed E-state index contributed by atoms with van der Waals surface area (Å²) in [6.45, 7) is 2.71. The topological polar surface area (TPSA) is 34.2 Å². The molecule has 3 nitrogen and oxygen atoms in total. The van der Waals surface area contributed by atoms with Crippen LogP contribution in [0.15, 0.2) is 36.5 Å². The van der Waals surface area contributed by atoms with E-state index in [0.717, 1.165) is 12.6 Å². The van der Waals surface area contributed by atoms with Gasteiger partial charge in [0.25, 0.3) is 0 Å². The normalized spacial score (nSPS) is 12.2. The van der Waals surface area contributed by atoms with Gasteiger partial charge < -0.3 is 10.1 Å². The first-order valence-electron chi connectivity index (χ1n) is 6.84. The quantitative estimate of drug-likeness (QED) is 0.885. The summed E-state index contributed by atoms with van der Waals surface area (Å²) in [6.07, 6.45) is 2.03. The number of nitrogens with one attached hydrogen (secondary N) is 1. The summed E-state index contributed by atoms with van der Waals surface area (Å²) in [6, 6.07) is 7.40. The maximum Gasteiger partial charge on any atom is 0.170 e. The minimum absolute atomic E-state index is 0.179. The minimum atomic E-state index is -0.444. The van der Waals surface area contributed by atoms with Crippen LogP contribution in [0, 0.1) is 11.6 Å². The first kappa shape index (κ1) is 15.4. The molecule has 1 unspecified atom stereocenters. The van der Waals surface area contributed by atoms with Crippen molar-refractivity contribution >= 4 is 0 Å². The monoisotopic (exact) mass is 292 g/mol. The van der Waals surface area contributed by atoms with Crippen molar-refractivity contribution in [3.63, 3.8) is 0 Å². The van der Waals surface area contributed by atoms with Crippen molar-refractivity contribution in [3.8, 4) is 5.75 Å². The number of nitrogens with zero attached hydrogens (tertiary/aromatic N) is 1. The highest BCUT2D eigenvalue weighted by Crippen LogP contribution is 2.28. The van der Waals surface area contributed by atoms with Gasteiger partial charge >= 0.3 is 0 Å². The van der Waals surface area contributed by atoms with Crippen LogP contribution in [0.25, 0.3) is 0 Å². The van der Waals surface area contributed by atoms with Crippen molar-refractivity contribution < 1.29 is 13.5 Å². The van der Waals surface area contributed by atoms with E-state index in [1.54, 1.807) is 24.3 Å². The van der Waals surface area contributed by atoms with Gasteiger partial charge in [0.2, 0.25) is 0 Å².